The number of benzene rings is 2. The van der Waals surface area contributed by atoms with Gasteiger partial charge >= 0.3 is 0 Å². The fourth-order valence-electron chi connectivity index (χ4n) is 1.88. The van der Waals surface area contributed by atoms with Crippen LogP contribution in [0.1, 0.15) is 18.9 Å². The summed E-state index contributed by atoms with van der Waals surface area (Å²) in [5.41, 5.74) is 6.96. The molecular weight excluding hydrogens is 357 g/mol. The molecule has 21 heavy (non-hydrogen) atoms. The monoisotopic (exact) mass is 371 g/mol. The van der Waals surface area contributed by atoms with Gasteiger partial charge in [0.2, 0.25) is 0 Å². The van der Waals surface area contributed by atoms with Crippen LogP contribution >= 0.6 is 27.5 Å². The van der Waals surface area contributed by atoms with E-state index >= 15 is 0 Å². The van der Waals surface area contributed by atoms with Crippen LogP contribution in [0.25, 0.3) is 0 Å². The zero-order chi connectivity index (χ0) is 15.4. The van der Waals surface area contributed by atoms with E-state index in [-0.39, 0.29) is 11.8 Å². The Labute approximate surface area is 137 Å². The minimum atomic E-state index is -0.439. The van der Waals surface area contributed by atoms with Crippen LogP contribution in [0, 0.1) is 5.82 Å². The number of hydrogen-bond acceptors (Lipinski definition) is 2. The van der Waals surface area contributed by atoms with Gasteiger partial charge < -0.3 is 10.5 Å². The second-order valence-corrected chi connectivity index (χ2v) is 6.14. The van der Waals surface area contributed by atoms with Crippen molar-refractivity contribution in [3.63, 3.8) is 0 Å². The highest BCUT2D eigenvalue weighted by molar-refractivity contribution is 9.10. The Morgan fingerprint density at radius 2 is 2.00 bits per heavy atom. The summed E-state index contributed by atoms with van der Waals surface area (Å²) in [4.78, 5) is 0. The summed E-state index contributed by atoms with van der Waals surface area (Å²) in [7, 11) is 0. The molecule has 0 spiro atoms. The van der Waals surface area contributed by atoms with E-state index in [2.05, 4.69) is 15.9 Å². The lowest BCUT2D eigenvalue weighted by Gasteiger charge is -2.12. The molecule has 2 aromatic carbocycles. The van der Waals surface area contributed by atoms with Crippen LogP contribution in [-0.4, -0.2) is 6.04 Å². The molecule has 0 fully saturated rings. The van der Waals surface area contributed by atoms with Crippen molar-refractivity contribution >= 4 is 27.5 Å². The first-order chi connectivity index (χ1) is 9.99. The molecule has 1 atom stereocenters. The van der Waals surface area contributed by atoms with Gasteiger partial charge in [0.05, 0.1) is 5.02 Å². The van der Waals surface area contributed by atoms with Gasteiger partial charge in [-0.3, -0.25) is 0 Å². The molecule has 2 aromatic rings. The van der Waals surface area contributed by atoms with Crippen molar-refractivity contribution < 1.29 is 9.13 Å². The topological polar surface area (TPSA) is 35.2 Å². The third-order valence-electron chi connectivity index (χ3n) is 3.13. The van der Waals surface area contributed by atoms with E-state index in [1.165, 1.54) is 6.07 Å². The number of ether oxygens (including phenoxy) is 1. The molecule has 2 N–H and O–H groups in total. The Kier molecular flexibility index (Phi) is 5.62. The summed E-state index contributed by atoms with van der Waals surface area (Å²) in [6.07, 6.45) is 1.65. The number of hydrogen-bond donors (Lipinski definition) is 1. The third-order valence-corrected chi connectivity index (χ3v) is 3.92. The highest BCUT2D eigenvalue weighted by Gasteiger charge is 2.10. The molecule has 0 radical (unpaired) electrons. The average molecular weight is 373 g/mol. The van der Waals surface area contributed by atoms with Crippen molar-refractivity contribution in [3.8, 4) is 11.5 Å². The molecule has 2 rings (SSSR count). The largest absolute Gasteiger partial charge is 0.453 e. The molecule has 0 aliphatic rings. The van der Waals surface area contributed by atoms with Gasteiger partial charge in [0, 0.05) is 10.5 Å². The van der Waals surface area contributed by atoms with E-state index in [0.717, 1.165) is 22.9 Å². The summed E-state index contributed by atoms with van der Waals surface area (Å²) in [6, 6.07) is 10.1. The summed E-state index contributed by atoms with van der Waals surface area (Å²) in [5.74, 6) is 0.109. The number of nitrogens with two attached hydrogens (primary N) is 1. The summed E-state index contributed by atoms with van der Waals surface area (Å²) >= 11 is 9.48. The van der Waals surface area contributed by atoms with E-state index in [4.69, 9.17) is 22.1 Å². The fourth-order valence-corrected chi connectivity index (χ4v) is 2.46. The van der Waals surface area contributed by atoms with Gasteiger partial charge in [-0.15, -0.1) is 0 Å². The zero-order valence-corrected chi connectivity index (χ0v) is 13.9. The lowest BCUT2D eigenvalue weighted by molar-refractivity contribution is 0.442. The average Bonchev–Trinajstić information content (AvgIpc) is 2.45. The smallest absolute Gasteiger partial charge is 0.165 e. The van der Waals surface area contributed by atoms with Crippen LogP contribution in [0.5, 0.6) is 11.5 Å². The maximum Gasteiger partial charge on any atom is 0.165 e. The first kappa shape index (κ1) is 16.3. The van der Waals surface area contributed by atoms with Gasteiger partial charge in [-0.05, 0) is 48.7 Å². The predicted molar refractivity (Wildman–Crippen MR) is 87.6 cm³/mol. The molecule has 0 saturated carbocycles. The second kappa shape index (κ2) is 7.25. The van der Waals surface area contributed by atoms with Crippen molar-refractivity contribution in [1.29, 1.82) is 0 Å². The molecule has 0 bridgehead atoms. The van der Waals surface area contributed by atoms with Gasteiger partial charge in [0.1, 0.15) is 5.75 Å². The van der Waals surface area contributed by atoms with Crippen LogP contribution in [-0.2, 0) is 6.42 Å². The van der Waals surface area contributed by atoms with Crippen molar-refractivity contribution in [2.24, 2.45) is 5.73 Å². The highest BCUT2D eigenvalue weighted by Crippen LogP contribution is 2.33. The van der Waals surface area contributed by atoms with Gasteiger partial charge in [-0.25, -0.2) is 4.39 Å². The van der Waals surface area contributed by atoms with Crippen LogP contribution in [0.2, 0.25) is 5.02 Å². The van der Waals surface area contributed by atoms with E-state index in [0.29, 0.717) is 10.8 Å². The minimum absolute atomic E-state index is 0.107. The highest BCUT2D eigenvalue weighted by atomic mass is 79.9. The molecule has 0 aliphatic heterocycles. The molecule has 0 saturated heterocycles. The van der Waals surface area contributed by atoms with Gasteiger partial charge in [0.15, 0.2) is 11.6 Å². The second-order valence-electron chi connectivity index (χ2n) is 4.81. The summed E-state index contributed by atoms with van der Waals surface area (Å²) < 4.78 is 20.0. The number of halogens is 3. The van der Waals surface area contributed by atoms with Crippen LogP contribution in [0.15, 0.2) is 40.9 Å². The SMILES string of the molecule is CCC(N)Cc1ccc(Oc2cc(Br)ccc2F)c(Cl)c1. The Bertz CT molecular complexity index is 636. The van der Waals surface area contributed by atoms with Crippen molar-refractivity contribution in [3.05, 3.63) is 57.3 Å². The summed E-state index contributed by atoms with van der Waals surface area (Å²) in [5, 5.41) is 0.440. The third kappa shape index (κ3) is 4.43. The molecule has 1 unspecified atom stereocenters. The van der Waals surface area contributed by atoms with E-state index in [9.17, 15) is 4.39 Å². The molecule has 0 amide bonds. The van der Waals surface area contributed by atoms with E-state index < -0.39 is 5.82 Å². The molecule has 112 valence electrons. The van der Waals surface area contributed by atoms with Gasteiger partial charge in [-0.2, -0.15) is 0 Å². The van der Waals surface area contributed by atoms with E-state index in [1.54, 1.807) is 18.2 Å². The quantitative estimate of drug-likeness (QED) is 0.771. The molecular formula is C16H16BrClFNO. The molecule has 0 heterocycles. The minimum Gasteiger partial charge on any atom is -0.453 e. The van der Waals surface area contributed by atoms with Crippen molar-refractivity contribution in [2.75, 3.05) is 0 Å². The standard InChI is InChI=1S/C16H16BrClFNO/c1-2-12(20)7-10-3-6-15(13(18)8-10)21-16-9-11(17)4-5-14(16)19/h3-6,8-9,12H,2,7,20H2,1H3. The number of rotatable bonds is 5. The molecule has 0 aromatic heterocycles. The van der Waals surface area contributed by atoms with Crippen molar-refractivity contribution in [1.82, 2.24) is 0 Å². The molecule has 5 heteroatoms. The normalized spacial score (nSPS) is 12.2. The lowest BCUT2D eigenvalue weighted by Crippen LogP contribution is -2.21. The first-order valence-corrected chi connectivity index (χ1v) is 7.83. The Morgan fingerprint density at radius 3 is 2.67 bits per heavy atom. The first-order valence-electron chi connectivity index (χ1n) is 6.66. The molecule has 2 nitrogen and oxygen atoms in total. The van der Waals surface area contributed by atoms with E-state index in [1.807, 2.05) is 19.1 Å². The predicted octanol–water partition coefficient (Wildman–Crippen LogP) is 5.31. The van der Waals surface area contributed by atoms with Crippen LogP contribution in [0.4, 0.5) is 4.39 Å². The van der Waals surface area contributed by atoms with Crippen molar-refractivity contribution in [2.45, 2.75) is 25.8 Å². The Hall–Kier alpha value is -1.10. The lowest BCUT2D eigenvalue weighted by atomic mass is 10.0. The van der Waals surface area contributed by atoms with Crippen LogP contribution < -0.4 is 10.5 Å². The summed E-state index contributed by atoms with van der Waals surface area (Å²) in [6.45, 7) is 2.04. The molecule has 0 aliphatic carbocycles. The van der Waals surface area contributed by atoms with Crippen LogP contribution in [0.3, 0.4) is 0 Å². The Balaban J connectivity index is 2.19. The maximum atomic E-state index is 13.7. The fraction of sp³-hybridized carbons (Fsp3) is 0.250. The maximum absolute atomic E-state index is 13.7. The Morgan fingerprint density at radius 1 is 1.24 bits per heavy atom. The van der Waals surface area contributed by atoms with Gasteiger partial charge in [0.25, 0.3) is 0 Å². The van der Waals surface area contributed by atoms with Gasteiger partial charge in [-0.1, -0.05) is 40.5 Å². The zero-order valence-electron chi connectivity index (χ0n) is 11.6.